The molecule has 2 aromatic heterocycles. The minimum absolute atomic E-state index is 0.00854. The van der Waals surface area contributed by atoms with E-state index in [1.807, 2.05) is 5.32 Å². The molecule has 2 aromatic carbocycles. The van der Waals surface area contributed by atoms with Crippen LogP contribution in [0, 0.1) is 28.6 Å². The van der Waals surface area contributed by atoms with E-state index in [1.54, 1.807) is 108 Å². The van der Waals surface area contributed by atoms with Gasteiger partial charge in [0.15, 0.2) is 11.9 Å². The Balaban J connectivity index is 1.47. The summed E-state index contributed by atoms with van der Waals surface area (Å²) in [5.74, 6) is -21.4. The van der Waals surface area contributed by atoms with Crippen LogP contribution in [0.1, 0.15) is 150 Å². The molecule has 0 saturated carbocycles. The predicted molar refractivity (Wildman–Crippen MR) is 551 cm³/mol. The highest BCUT2D eigenvalue weighted by molar-refractivity contribution is 7.98. The first-order chi connectivity index (χ1) is 70.9. The predicted octanol–water partition coefficient (Wildman–Crippen LogP) is -8.92. The topological polar surface area (TPSA) is 858 Å². The summed E-state index contributed by atoms with van der Waals surface area (Å²) in [6, 6.07) is -9.77. The minimum Gasteiger partial charge on any atom is -0.480 e. The van der Waals surface area contributed by atoms with Gasteiger partial charge >= 0.3 is 5.97 Å². The molecule has 150 heavy (non-hydrogen) atoms. The number of carboxylic acids is 1. The van der Waals surface area contributed by atoms with Crippen LogP contribution in [0.3, 0.4) is 0 Å². The van der Waals surface area contributed by atoms with E-state index in [0.717, 1.165) is 6.92 Å². The second-order valence-electron chi connectivity index (χ2n) is 36.7. The normalized spacial score (nSPS) is 15.1. The Hall–Kier alpha value is -14.7. The van der Waals surface area contributed by atoms with Crippen molar-refractivity contribution in [1.29, 1.82) is 10.8 Å². The molecule has 54 nitrogen and oxygen atoms in total. The number of aromatic amines is 2. The molecular formula is C94H148N30O24S2. The first-order valence-electron chi connectivity index (χ1n) is 48.8. The molecule has 0 aliphatic heterocycles. The molecule has 0 saturated heterocycles. The average molecular weight is 2150 g/mol. The van der Waals surface area contributed by atoms with Gasteiger partial charge in [-0.3, -0.25) is 102 Å². The van der Waals surface area contributed by atoms with E-state index in [9.17, 15) is 116 Å². The van der Waals surface area contributed by atoms with Crippen molar-refractivity contribution in [2.75, 3.05) is 57.2 Å². The van der Waals surface area contributed by atoms with Crippen LogP contribution in [0.4, 0.5) is 0 Å². The zero-order chi connectivity index (χ0) is 112. The molecule has 0 unspecified atom stereocenters. The van der Waals surface area contributed by atoms with Crippen molar-refractivity contribution < 1.29 is 116 Å². The number of carboxylic acid groups (broad SMARTS) is 1. The third kappa shape index (κ3) is 46.8. The van der Waals surface area contributed by atoms with Gasteiger partial charge in [-0.05, 0) is 120 Å². The van der Waals surface area contributed by atoms with E-state index >= 15 is 0 Å². The van der Waals surface area contributed by atoms with Crippen molar-refractivity contribution in [1.82, 2.24) is 132 Å². The molecule has 0 spiro atoms. The highest BCUT2D eigenvalue weighted by Gasteiger charge is 2.41. The molecule has 19 amide bonds. The summed E-state index contributed by atoms with van der Waals surface area (Å²) in [5.41, 5.74) is 19.0. The minimum atomic E-state index is -1.80. The number of thioether (sulfide) groups is 1. The van der Waals surface area contributed by atoms with E-state index in [2.05, 4.69) is 139 Å². The van der Waals surface area contributed by atoms with Crippen LogP contribution in [0.5, 0.6) is 0 Å². The maximum absolute atomic E-state index is 14.9. The number of hydrogen-bond donors (Lipinski definition) is 33. The van der Waals surface area contributed by atoms with Crippen molar-refractivity contribution in [2.24, 2.45) is 35.0 Å². The van der Waals surface area contributed by atoms with E-state index in [1.165, 1.54) is 64.5 Å². The number of imidazole rings is 2. The van der Waals surface area contributed by atoms with Gasteiger partial charge in [0, 0.05) is 68.3 Å². The van der Waals surface area contributed by atoms with Gasteiger partial charge in [0.2, 0.25) is 112 Å². The number of aliphatic hydroxyl groups excluding tert-OH is 3. The highest BCUT2D eigenvalue weighted by Crippen LogP contribution is 2.17. The molecule has 56 heteroatoms. The zero-order valence-corrected chi connectivity index (χ0v) is 87.6. The molecule has 0 bridgehead atoms. The summed E-state index contributed by atoms with van der Waals surface area (Å²) >= 11 is 5.53. The Morgan fingerprint density at radius 3 is 1.18 bits per heavy atom. The average Bonchev–Trinajstić information content (AvgIpc) is 1.07. The molecule has 4 rings (SSSR count). The SMILES string of the molecule is CC[C@H](C)[C@H](NC(=O)[C@H](CC(C)C)NC(=O)[C@H](C)NC(=O)CNC(=O)CNC(=O)[C@H](CS)NC(=O)[C@H](Cc1ccccc1)NC(=O)[C@H](Cc1cnc[nH]1)NC(=O)[C@@H](N)CCCNC(=N)N)C(=O)N[C@@H](Cc1cnc[nH]1)C(=O)N[C@@H](C)C(=O)N[C@@H](CCCNC(=N)N)C(=O)N[C@@H](Cc1ccccc1)C(=O)N[C@@H](CC(C)C)C(=O)N[C@@H](CCSC)C(=O)N[C@H](C(=O)N[C@@H](C)C(=O)N[C@@H](C)C(=O)N[C@@H](CO)C(=O)N[C@@H](CO)C(=O)O)[C@@H](C)O. The van der Waals surface area contributed by atoms with Crippen molar-refractivity contribution in [3.05, 3.63) is 108 Å². The number of amides is 19. The summed E-state index contributed by atoms with van der Waals surface area (Å²) in [7, 11) is 0. The Morgan fingerprint density at radius 1 is 0.387 bits per heavy atom. The van der Waals surface area contributed by atoms with Gasteiger partial charge in [-0.15, -0.1) is 0 Å². The monoisotopic (exact) mass is 2150 g/mol. The first-order valence-corrected chi connectivity index (χ1v) is 50.8. The molecule has 4 aromatic rings. The van der Waals surface area contributed by atoms with E-state index in [4.69, 9.17) is 28.0 Å². The second-order valence-corrected chi connectivity index (χ2v) is 38.0. The number of benzene rings is 2. The number of aromatic nitrogens is 4. The lowest BCUT2D eigenvalue weighted by atomic mass is 9.96. The van der Waals surface area contributed by atoms with Crippen molar-refractivity contribution in [3.8, 4) is 0 Å². The summed E-state index contributed by atoms with van der Waals surface area (Å²) in [5, 5.41) is 107. The fourth-order valence-corrected chi connectivity index (χ4v) is 15.2. The second kappa shape index (κ2) is 66.6. The van der Waals surface area contributed by atoms with Crippen molar-refractivity contribution in [3.63, 3.8) is 0 Å². The Labute approximate surface area is 877 Å². The molecule has 2 heterocycles. The van der Waals surface area contributed by atoms with Gasteiger partial charge < -0.3 is 159 Å². The Morgan fingerprint density at radius 2 is 0.733 bits per heavy atom. The number of carbonyl (C=O) groups excluding carboxylic acids is 19. The van der Waals surface area contributed by atoms with Crippen molar-refractivity contribution >= 4 is 155 Å². The summed E-state index contributed by atoms with van der Waals surface area (Å²) in [4.78, 5) is 291. The highest BCUT2D eigenvalue weighted by atomic mass is 32.2. The molecule has 830 valence electrons. The third-order valence-corrected chi connectivity index (χ3v) is 24.1. The van der Waals surface area contributed by atoms with E-state index < -0.39 is 271 Å². The maximum Gasteiger partial charge on any atom is 0.328 e. The van der Waals surface area contributed by atoms with Gasteiger partial charge in [-0.25, -0.2) is 14.8 Å². The molecule has 0 aliphatic carbocycles. The van der Waals surface area contributed by atoms with E-state index in [-0.39, 0.29) is 113 Å². The van der Waals surface area contributed by atoms with E-state index in [0.29, 0.717) is 28.9 Å². The molecule has 0 aliphatic rings. The van der Waals surface area contributed by atoms with Crippen molar-refractivity contribution in [2.45, 2.75) is 268 Å². The number of nitrogens with one attached hydrogen (secondary N) is 25. The van der Waals surface area contributed by atoms with Gasteiger partial charge in [0.25, 0.3) is 0 Å². The number of aliphatic carboxylic acids is 1. The number of carbonyl (C=O) groups is 20. The van der Waals surface area contributed by atoms with Crippen LogP contribution in [-0.4, -0.2) is 342 Å². The Bertz CT molecular complexity index is 5130. The van der Waals surface area contributed by atoms with Crippen LogP contribution in [-0.2, 0) is 122 Å². The van der Waals surface area contributed by atoms with Crippen LogP contribution in [0.2, 0.25) is 0 Å². The summed E-state index contributed by atoms with van der Waals surface area (Å²) in [6.07, 6.45) is 5.20. The van der Waals surface area contributed by atoms with Gasteiger partial charge in [-0.2, -0.15) is 24.4 Å². The number of guanidine groups is 2. The lowest BCUT2D eigenvalue weighted by Crippen LogP contribution is -2.62. The molecule has 20 atom stereocenters. The van der Waals surface area contributed by atoms with Gasteiger partial charge in [0.1, 0.15) is 103 Å². The number of H-pyrrole nitrogens is 2. The summed E-state index contributed by atoms with van der Waals surface area (Å²) in [6.45, 7) is 13.1. The zero-order valence-electron chi connectivity index (χ0n) is 85.9. The van der Waals surface area contributed by atoms with Crippen LogP contribution in [0.25, 0.3) is 0 Å². The fraction of sp³-hybridized carbons (Fsp3) is 0.574. The molecule has 35 N–H and O–H groups in total. The van der Waals surface area contributed by atoms with Crippen LogP contribution < -0.4 is 129 Å². The number of nitrogens with two attached hydrogens (primary N) is 3. The lowest BCUT2D eigenvalue weighted by molar-refractivity contribution is -0.143. The number of nitrogens with zero attached hydrogens (tertiary/aromatic N) is 2. The first kappa shape index (κ1) is 128. The number of thiol groups is 1. The van der Waals surface area contributed by atoms with Crippen LogP contribution >= 0.6 is 24.4 Å². The fourth-order valence-electron chi connectivity index (χ4n) is 14.4. The Kier molecular flexibility index (Phi) is 56.7. The quantitative estimate of drug-likeness (QED) is 0.00845. The third-order valence-electron chi connectivity index (χ3n) is 23.1. The number of hydrogen-bond acceptors (Lipinski definition) is 30. The largest absolute Gasteiger partial charge is 0.480 e. The number of rotatable bonds is 68. The summed E-state index contributed by atoms with van der Waals surface area (Å²) < 4.78 is 0. The molecule has 0 fully saturated rings. The lowest BCUT2D eigenvalue weighted by Gasteiger charge is -2.29. The van der Waals surface area contributed by atoms with Crippen LogP contribution in [0.15, 0.2) is 85.7 Å². The molecular weight excluding hydrogens is 2000 g/mol. The maximum atomic E-state index is 14.9. The standard InChI is InChI=1S/C94H148N30O24S2/c1-13-49(6)73(123-88(143)63(33-48(4)5)114-76(131)50(7)108-72(129)41-104-71(128)40-105-80(135)70(44-149)122-86(141)65(35-56-24-18-15-19-25-56)118-87(142)67(37-58-39-101-46-107-58)115-79(134)59(95)26-20-29-102-93(96)97)90(145)119-66(36-57-38-100-45-106-57)83(138)110-53(10)77(132)112-60(27-21-30-103-94(98)99)81(136)117-64(34-55-22-16-14-17-23-55)85(140)116-62(32-47(2)3)84(139)113-61(28-31-150-12)82(137)124-74(54(11)127)91(146)111-51(8)75(130)109-52(9)78(133)120-68(42-125)89(144)121-69(43-126)92(147)148/h14-19,22-25,38-39,45-54,59-70,73-74,125-127,149H,13,20-21,26-37,40-44,95H2,1-12H3,(H,100,106)(H,101,107)(H,104,128)(H,105,135)(H,108,129)(H,109,130)(H,110,138)(H,111,146)(H,112,132)(H,113,139)(H,114,131)(H,115,134)(H,116,140)(H,117,136)(H,118,142)(H,119,145)(H,120,133)(H,121,144)(H,122,141)(H,123,143)(H,124,137)(H,147,148)(H4,96,97,102)(H4,98,99,103)/t49-,50-,51-,52-,53-,54+,59-,60-,61-,62-,63-,64-,65-,66-,67-,68-,69-,70-,73-,74-/m0/s1. The van der Waals surface area contributed by atoms with Gasteiger partial charge in [-0.1, -0.05) is 109 Å². The van der Waals surface area contributed by atoms with Gasteiger partial charge in [0.05, 0.1) is 51.1 Å². The smallest absolute Gasteiger partial charge is 0.328 e. The number of aliphatic hydroxyl groups is 3. The molecule has 0 radical (unpaired) electrons.